The summed E-state index contributed by atoms with van der Waals surface area (Å²) in [7, 11) is 1.50. The van der Waals surface area contributed by atoms with Gasteiger partial charge in [0, 0.05) is 42.1 Å². The lowest BCUT2D eigenvalue weighted by molar-refractivity contribution is -0.384. The highest BCUT2D eigenvalue weighted by Crippen LogP contribution is 2.23. The molecule has 0 aromatic heterocycles. The standard InChI is InChI=1S/C17H19N3O3S/c1-12-3-6-14(7-4-12)24-10-9-19-16-8-5-13(20(22)23)11-15(16)17(21)18-2/h3-8,11,19H,9-10H2,1-2H3,(H,18,21). The highest BCUT2D eigenvalue weighted by atomic mass is 32.2. The molecule has 0 saturated heterocycles. The van der Waals surface area contributed by atoms with E-state index < -0.39 is 4.92 Å². The zero-order chi connectivity index (χ0) is 17.5. The number of rotatable bonds is 7. The van der Waals surface area contributed by atoms with Crippen molar-refractivity contribution in [1.29, 1.82) is 0 Å². The molecule has 0 radical (unpaired) electrons. The van der Waals surface area contributed by atoms with Crippen molar-refractivity contribution in [2.75, 3.05) is 24.7 Å². The first-order valence-electron chi connectivity index (χ1n) is 7.45. The summed E-state index contributed by atoms with van der Waals surface area (Å²) in [5.41, 5.74) is 1.98. The molecule has 2 aromatic rings. The Kier molecular flexibility index (Phi) is 6.20. The van der Waals surface area contributed by atoms with E-state index >= 15 is 0 Å². The number of non-ortho nitro benzene ring substituents is 1. The van der Waals surface area contributed by atoms with Crippen molar-refractivity contribution >= 4 is 29.0 Å². The molecule has 2 rings (SSSR count). The number of carbonyl (C=O) groups is 1. The van der Waals surface area contributed by atoms with E-state index in [0.29, 0.717) is 12.2 Å². The maximum Gasteiger partial charge on any atom is 0.270 e. The number of nitrogens with one attached hydrogen (secondary N) is 2. The van der Waals surface area contributed by atoms with Crippen molar-refractivity contribution in [3.8, 4) is 0 Å². The van der Waals surface area contributed by atoms with Crippen LogP contribution >= 0.6 is 11.8 Å². The molecule has 1 amide bonds. The summed E-state index contributed by atoms with van der Waals surface area (Å²) < 4.78 is 0. The topological polar surface area (TPSA) is 84.3 Å². The maximum atomic E-state index is 11.9. The van der Waals surface area contributed by atoms with Crippen LogP contribution < -0.4 is 10.6 Å². The molecule has 2 aromatic carbocycles. The fourth-order valence-corrected chi connectivity index (χ4v) is 2.88. The van der Waals surface area contributed by atoms with Gasteiger partial charge in [-0.15, -0.1) is 11.8 Å². The van der Waals surface area contributed by atoms with Crippen LogP contribution in [0.1, 0.15) is 15.9 Å². The second kappa shape index (κ2) is 8.35. The molecule has 0 aliphatic carbocycles. The average molecular weight is 345 g/mol. The molecule has 0 spiro atoms. The van der Waals surface area contributed by atoms with E-state index in [2.05, 4.69) is 34.9 Å². The van der Waals surface area contributed by atoms with Crippen LogP contribution in [0.15, 0.2) is 47.4 Å². The molecule has 7 heteroatoms. The van der Waals surface area contributed by atoms with Gasteiger partial charge in [0.15, 0.2) is 0 Å². The van der Waals surface area contributed by atoms with E-state index in [0.717, 1.165) is 5.75 Å². The summed E-state index contributed by atoms with van der Waals surface area (Å²) in [4.78, 5) is 23.5. The van der Waals surface area contributed by atoms with Gasteiger partial charge in [0.2, 0.25) is 0 Å². The highest BCUT2D eigenvalue weighted by Gasteiger charge is 2.15. The molecule has 6 nitrogen and oxygen atoms in total. The molecule has 0 bridgehead atoms. The summed E-state index contributed by atoms with van der Waals surface area (Å²) in [6.07, 6.45) is 0. The summed E-state index contributed by atoms with van der Waals surface area (Å²) >= 11 is 1.71. The van der Waals surface area contributed by atoms with Gasteiger partial charge >= 0.3 is 0 Å². The zero-order valence-electron chi connectivity index (χ0n) is 13.5. The number of hydrogen-bond acceptors (Lipinski definition) is 5. The van der Waals surface area contributed by atoms with Crippen molar-refractivity contribution in [1.82, 2.24) is 5.32 Å². The molecule has 0 aliphatic rings. The van der Waals surface area contributed by atoms with Crippen LogP contribution in [0.25, 0.3) is 0 Å². The second-order valence-electron chi connectivity index (χ2n) is 5.15. The molecule has 0 fully saturated rings. The number of nitro benzene ring substituents is 1. The van der Waals surface area contributed by atoms with Gasteiger partial charge in [-0.2, -0.15) is 0 Å². The maximum absolute atomic E-state index is 11.9. The van der Waals surface area contributed by atoms with Crippen LogP contribution in [0.3, 0.4) is 0 Å². The van der Waals surface area contributed by atoms with Gasteiger partial charge < -0.3 is 10.6 Å². The van der Waals surface area contributed by atoms with E-state index in [9.17, 15) is 14.9 Å². The van der Waals surface area contributed by atoms with Crippen molar-refractivity contribution in [3.05, 3.63) is 63.7 Å². The molecular formula is C17H19N3O3S. The first-order chi connectivity index (χ1) is 11.5. The van der Waals surface area contributed by atoms with E-state index in [-0.39, 0.29) is 17.2 Å². The van der Waals surface area contributed by atoms with Gasteiger partial charge in [-0.1, -0.05) is 17.7 Å². The molecule has 0 aliphatic heterocycles. The Labute approximate surface area is 144 Å². The monoisotopic (exact) mass is 345 g/mol. The zero-order valence-corrected chi connectivity index (χ0v) is 14.4. The van der Waals surface area contributed by atoms with Crippen LogP contribution in [0.2, 0.25) is 0 Å². The van der Waals surface area contributed by atoms with Gasteiger partial charge in [0.1, 0.15) is 0 Å². The lowest BCUT2D eigenvalue weighted by atomic mass is 10.1. The highest BCUT2D eigenvalue weighted by molar-refractivity contribution is 7.99. The summed E-state index contributed by atoms with van der Waals surface area (Å²) in [6.45, 7) is 2.69. The third-order valence-electron chi connectivity index (χ3n) is 3.39. The van der Waals surface area contributed by atoms with Crippen LogP contribution in [-0.4, -0.2) is 30.2 Å². The number of nitrogens with zero attached hydrogens (tertiary/aromatic N) is 1. The SMILES string of the molecule is CNC(=O)c1cc([N+](=O)[O-])ccc1NCCSc1ccc(C)cc1. The molecule has 126 valence electrons. The molecule has 0 atom stereocenters. The van der Waals surface area contributed by atoms with Gasteiger partial charge in [0.25, 0.3) is 11.6 Å². The fourth-order valence-electron chi connectivity index (χ4n) is 2.11. The van der Waals surface area contributed by atoms with Crippen LogP contribution in [-0.2, 0) is 0 Å². The molecule has 0 saturated carbocycles. The molecule has 24 heavy (non-hydrogen) atoms. The van der Waals surface area contributed by atoms with Crippen LogP contribution in [0.4, 0.5) is 11.4 Å². The van der Waals surface area contributed by atoms with E-state index in [1.165, 1.54) is 29.6 Å². The Morgan fingerprint density at radius 1 is 1.21 bits per heavy atom. The number of thioether (sulfide) groups is 1. The average Bonchev–Trinajstić information content (AvgIpc) is 2.59. The number of anilines is 1. The Hall–Kier alpha value is -2.54. The van der Waals surface area contributed by atoms with E-state index in [1.54, 1.807) is 17.8 Å². The quantitative estimate of drug-likeness (QED) is 0.347. The van der Waals surface area contributed by atoms with Gasteiger partial charge in [-0.05, 0) is 25.1 Å². The molecule has 0 unspecified atom stereocenters. The Bertz CT molecular complexity index is 732. The summed E-state index contributed by atoms with van der Waals surface area (Å²) in [6, 6.07) is 12.5. The lowest BCUT2D eigenvalue weighted by Crippen LogP contribution is -2.20. The van der Waals surface area contributed by atoms with Gasteiger partial charge in [-0.3, -0.25) is 14.9 Å². The number of hydrogen-bond donors (Lipinski definition) is 2. The second-order valence-corrected chi connectivity index (χ2v) is 6.32. The minimum atomic E-state index is -0.510. The Morgan fingerprint density at radius 3 is 2.54 bits per heavy atom. The van der Waals surface area contributed by atoms with E-state index in [1.807, 2.05) is 6.92 Å². The normalized spacial score (nSPS) is 10.2. The molecule has 0 heterocycles. The number of amides is 1. The van der Waals surface area contributed by atoms with Crippen LogP contribution in [0.5, 0.6) is 0 Å². The number of aryl methyl sites for hydroxylation is 1. The minimum absolute atomic E-state index is 0.104. The Balaban J connectivity index is 1.99. The fraction of sp³-hybridized carbons (Fsp3) is 0.235. The van der Waals surface area contributed by atoms with Crippen molar-refractivity contribution in [2.45, 2.75) is 11.8 Å². The van der Waals surface area contributed by atoms with Crippen molar-refractivity contribution < 1.29 is 9.72 Å². The predicted molar refractivity (Wildman–Crippen MR) is 96.9 cm³/mol. The predicted octanol–water partition coefficient (Wildman–Crippen LogP) is 3.47. The minimum Gasteiger partial charge on any atom is -0.384 e. The third-order valence-corrected chi connectivity index (χ3v) is 4.41. The smallest absolute Gasteiger partial charge is 0.270 e. The van der Waals surface area contributed by atoms with E-state index in [4.69, 9.17) is 0 Å². The van der Waals surface area contributed by atoms with Crippen molar-refractivity contribution in [3.63, 3.8) is 0 Å². The lowest BCUT2D eigenvalue weighted by Gasteiger charge is -2.11. The molecule has 2 N–H and O–H groups in total. The van der Waals surface area contributed by atoms with Crippen LogP contribution in [0, 0.1) is 17.0 Å². The third kappa shape index (κ3) is 4.73. The number of carbonyl (C=O) groups excluding carboxylic acids is 1. The van der Waals surface area contributed by atoms with Gasteiger partial charge in [-0.25, -0.2) is 0 Å². The summed E-state index contributed by atoms with van der Waals surface area (Å²) in [5, 5.41) is 16.5. The first kappa shape index (κ1) is 17.8. The summed E-state index contributed by atoms with van der Waals surface area (Å²) in [5.74, 6) is 0.458. The first-order valence-corrected chi connectivity index (χ1v) is 8.43. The number of benzene rings is 2. The van der Waals surface area contributed by atoms with Crippen molar-refractivity contribution in [2.24, 2.45) is 0 Å². The molecular weight excluding hydrogens is 326 g/mol. The Morgan fingerprint density at radius 2 is 1.92 bits per heavy atom. The van der Waals surface area contributed by atoms with Gasteiger partial charge in [0.05, 0.1) is 10.5 Å². The number of nitro groups is 1. The largest absolute Gasteiger partial charge is 0.384 e.